The van der Waals surface area contributed by atoms with Crippen molar-refractivity contribution in [3.05, 3.63) is 46.9 Å². The number of anilines is 2. The summed E-state index contributed by atoms with van der Waals surface area (Å²) in [5.41, 5.74) is 2.04. The highest BCUT2D eigenvalue weighted by atomic mass is 19.1. The van der Waals surface area contributed by atoms with Crippen molar-refractivity contribution in [1.82, 2.24) is 19.8 Å². The lowest BCUT2D eigenvalue weighted by Crippen LogP contribution is -2.49. The number of hydrogen-bond donors (Lipinski definition) is 1. The molecule has 0 bridgehead atoms. The van der Waals surface area contributed by atoms with Gasteiger partial charge in [0.15, 0.2) is 0 Å². The number of rotatable bonds is 7. The van der Waals surface area contributed by atoms with Crippen LogP contribution in [0.3, 0.4) is 0 Å². The van der Waals surface area contributed by atoms with Gasteiger partial charge in [0.25, 0.3) is 5.91 Å². The van der Waals surface area contributed by atoms with Crippen LogP contribution in [-0.4, -0.2) is 69.5 Å². The van der Waals surface area contributed by atoms with E-state index in [1.54, 1.807) is 0 Å². The number of halogens is 1. The second kappa shape index (κ2) is 9.49. The minimum atomic E-state index is -0.359. The highest BCUT2D eigenvalue weighted by Gasteiger charge is 2.36. The molecule has 2 aliphatic heterocycles. The number of hydrogen-bond acceptors (Lipinski definition) is 6. The number of piperazine rings is 1. The van der Waals surface area contributed by atoms with E-state index in [1.807, 2.05) is 30.9 Å². The van der Waals surface area contributed by atoms with Crippen LogP contribution >= 0.6 is 0 Å². The maximum Gasteiger partial charge on any atom is 0.273 e. The molecule has 34 heavy (non-hydrogen) atoms. The third kappa shape index (κ3) is 5.17. The van der Waals surface area contributed by atoms with Crippen LogP contribution in [0.25, 0.3) is 0 Å². The van der Waals surface area contributed by atoms with Crippen molar-refractivity contribution in [2.75, 3.05) is 36.4 Å². The van der Waals surface area contributed by atoms with Crippen LogP contribution in [0, 0.1) is 5.82 Å². The second-order valence-corrected chi connectivity index (χ2v) is 10.7. The van der Waals surface area contributed by atoms with Gasteiger partial charge in [-0.25, -0.2) is 9.37 Å². The summed E-state index contributed by atoms with van der Waals surface area (Å²) in [6.45, 7) is 16.7. The molecule has 0 spiro atoms. The smallest absolute Gasteiger partial charge is 0.273 e. The maximum atomic E-state index is 13.4. The molecule has 1 amide bonds. The van der Waals surface area contributed by atoms with E-state index in [9.17, 15) is 9.18 Å². The molecule has 7 nitrogen and oxygen atoms in total. The molecule has 1 aromatic heterocycles. The lowest BCUT2D eigenvalue weighted by Gasteiger charge is -2.37. The molecule has 4 rings (SSSR count). The molecule has 184 valence electrons. The Bertz CT molecular complexity index is 1030. The number of aromatic nitrogens is 2. The molecule has 0 radical (unpaired) electrons. The van der Waals surface area contributed by atoms with Gasteiger partial charge in [0.2, 0.25) is 5.95 Å². The number of benzene rings is 1. The van der Waals surface area contributed by atoms with Crippen LogP contribution < -0.4 is 10.2 Å². The zero-order valence-electron chi connectivity index (χ0n) is 21.2. The number of fused-ring (bicyclic) bond motifs is 1. The SMILES string of the molecule is CC(C)N1CCN(c2nc(NC(C)(C)Cc3ccc(F)cc3)c3c(n2)C(=O)N(C(C)C)C3)CC1. The van der Waals surface area contributed by atoms with Crippen LogP contribution in [0.5, 0.6) is 0 Å². The predicted molar refractivity (Wildman–Crippen MR) is 134 cm³/mol. The molecule has 1 aromatic carbocycles. The lowest BCUT2D eigenvalue weighted by molar-refractivity contribution is 0.0726. The molecule has 8 heteroatoms. The van der Waals surface area contributed by atoms with Crippen molar-refractivity contribution in [2.45, 2.75) is 72.1 Å². The molecule has 0 atom stereocenters. The van der Waals surface area contributed by atoms with Crippen molar-refractivity contribution in [1.29, 1.82) is 0 Å². The quantitative estimate of drug-likeness (QED) is 0.664. The average Bonchev–Trinajstić information content (AvgIpc) is 3.12. The Morgan fingerprint density at radius 2 is 1.65 bits per heavy atom. The molecule has 3 heterocycles. The predicted octanol–water partition coefficient (Wildman–Crippen LogP) is 3.94. The van der Waals surface area contributed by atoms with E-state index in [2.05, 4.69) is 42.8 Å². The minimum absolute atomic E-state index is 0.0335. The van der Waals surface area contributed by atoms with E-state index in [0.29, 0.717) is 30.6 Å². The standard InChI is InChI=1S/C26H37FN6O/c1-17(2)31-11-13-32(14-12-31)25-28-22-21(16-33(18(3)4)24(22)34)23(29-25)30-26(5,6)15-19-7-9-20(27)10-8-19/h7-10,17-18H,11-16H2,1-6H3,(H,28,29,30). The first kappa shape index (κ1) is 24.4. The van der Waals surface area contributed by atoms with E-state index >= 15 is 0 Å². The first-order chi connectivity index (χ1) is 16.0. The van der Waals surface area contributed by atoms with Gasteiger partial charge in [0.1, 0.15) is 17.3 Å². The van der Waals surface area contributed by atoms with Gasteiger partial charge >= 0.3 is 0 Å². The Hall–Kier alpha value is -2.74. The molecule has 0 aliphatic carbocycles. The fourth-order valence-electron chi connectivity index (χ4n) is 4.75. The Morgan fingerprint density at radius 1 is 1.00 bits per heavy atom. The fraction of sp³-hybridized carbons (Fsp3) is 0.577. The number of amides is 1. The molecule has 1 saturated heterocycles. The van der Waals surface area contributed by atoms with E-state index in [0.717, 1.165) is 43.1 Å². The lowest BCUT2D eigenvalue weighted by atomic mass is 9.94. The topological polar surface area (TPSA) is 64.6 Å². The monoisotopic (exact) mass is 468 g/mol. The summed E-state index contributed by atoms with van der Waals surface area (Å²) < 4.78 is 13.4. The normalized spacial score (nSPS) is 17.1. The fourth-order valence-corrected chi connectivity index (χ4v) is 4.75. The number of carbonyl (C=O) groups is 1. The van der Waals surface area contributed by atoms with Gasteiger partial charge in [-0.15, -0.1) is 0 Å². The number of nitrogens with one attached hydrogen (secondary N) is 1. The third-order valence-electron chi connectivity index (χ3n) is 6.75. The minimum Gasteiger partial charge on any atom is -0.364 e. The molecule has 2 aliphatic rings. The summed E-state index contributed by atoms with van der Waals surface area (Å²) >= 11 is 0. The van der Waals surface area contributed by atoms with Crippen molar-refractivity contribution in [2.24, 2.45) is 0 Å². The Morgan fingerprint density at radius 3 is 2.24 bits per heavy atom. The maximum absolute atomic E-state index is 13.4. The van der Waals surface area contributed by atoms with Crippen LogP contribution in [0.15, 0.2) is 24.3 Å². The van der Waals surface area contributed by atoms with Crippen LogP contribution in [0.4, 0.5) is 16.2 Å². The van der Waals surface area contributed by atoms with E-state index < -0.39 is 0 Å². The van der Waals surface area contributed by atoms with Crippen LogP contribution in [-0.2, 0) is 13.0 Å². The first-order valence-electron chi connectivity index (χ1n) is 12.3. The molecule has 1 fully saturated rings. The van der Waals surface area contributed by atoms with Gasteiger partial charge in [-0.1, -0.05) is 12.1 Å². The Kier molecular flexibility index (Phi) is 6.80. The Labute approximate surface area is 202 Å². The van der Waals surface area contributed by atoms with Crippen molar-refractivity contribution >= 4 is 17.7 Å². The van der Waals surface area contributed by atoms with Crippen molar-refractivity contribution < 1.29 is 9.18 Å². The van der Waals surface area contributed by atoms with Gasteiger partial charge < -0.3 is 15.1 Å². The molecular formula is C26H37FN6O. The Balaban J connectivity index is 1.63. The second-order valence-electron chi connectivity index (χ2n) is 10.7. The van der Waals surface area contributed by atoms with E-state index in [-0.39, 0.29) is 23.3 Å². The number of carbonyl (C=O) groups excluding carboxylic acids is 1. The van der Waals surface area contributed by atoms with Gasteiger partial charge in [-0.3, -0.25) is 9.69 Å². The largest absolute Gasteiger partial charge is 0.364 e. The van der Waals surface area contributed by atoms with Crippen LogP contribution in [0.1, 0.15) is 63.2 Å². The van der Waals surface area contributed by atoms with E-state index in [1.165, 1.54) is 12.1 Å². The zero-order valence-corrected chi connectivity index (χ0v) is 21.2. The van der Waals surface area contributed by atoms with Gasteiger partial charge in [0, 0.05) is 49.4 Å². The van der Waals surface area contributed by atoms with Gasteiger partial charge in [-0.2, -0.15) is 4.98 Å². The highest BCUT2D eigenvalue weighted by molar-refractivity contribution is 5.98. The van der Waals surface area contributed by atoms with Crippen molar-refractivity contribution in [3.63, 3.8) is 0 Å². The van der Waals surface area contributed by atoms with Gasteiger partial charge in [-0.05, 0) is 65.7 Å². The van der Waals surface area contributed by atoms with Crippen LogP contribution in [0.2, 0.25) is 0 Å². The third-order valence-corrected chi connectivity index (χ3v) is 6.75. The summed E-state index contributed by atoms with van der Waals surface area (Å²) in [4.78, 5) is 29.4. The summed E-state index contributed by atoms with van der Waals surface area (Å²) in [6, 6.07) is 7.19. The van der Waals surface area contributed by atoms with Gasteiger partial charge in [0.05, 0.1) is 6.54 Å². The first-order valence-corrected chi connectivity index (χ1v) is 12.3. The summed E-state index contributed by atoms with van der Waals surface area (Å²) in [5.74, 6) is 1.06. The van der Waals surface area contributed by atoms with E-state index in [4.69, 9.17) is 9.97 Å². The summed E-state index contributed by atoms with van der Waals surface area (Å²) in [5, 5.41) is 3.61. The van der Waals surface area contributed by atoms with Crippen molar-refractivity contribution in [3.8, 4) is 0 Å². The molecule has 0 saturated carbocycles. The summed E-state index contributed by atoms with van der Waals surface area (Å²) in [7, 11) is 0. The zero-order chi connectivity index (χ0) is 24.6. The summed E-state index contributed by atoms with van der Waals surface area (Å²) in [6.07, 6.45) is 0.691. The molecule has 1 N–H and O–H groups in total. The molecule has 2 aromatic rings. The molecular weight excluding hydrogens is 431 g/mol. The number of nitrogens with zero attached hydrogens (tertiary/aromatic N) is 5. The average molecular weight is 469 g/mol. The highest BCUT2D eigenvalue weighted by Crippen LogP contribution is 2.32. The molecule has 0 unspecified atom stereocenters.